The lowest BCUT2D eigenvalue weighted by Gasteiger charge is -2.15. The molecule has 224 valence electrons. The van der Waals surface area contributed by atoms with Crippen molar-refractivity contribution in [1.29, 1.82) is 0 Å². The lowest BCUT2D eigenvalue weighted by atomic mass is 9.98. The van der Waals surface area contributed by atoms with Gasteiger partial charge < -0.3 is 4.74 Å². The van der Waals surface area contributed by atoms with Crippen LogP contribution in [0.5, 0.6) is 5.75 Å². The van der Waals surface area contributed by atoms with Crippen molar-refractivity contribution in [3.8, 4) is 22.8 Å². The number of nitrogens with one attached hydrogen (secondary N) is 1. The number of unbranched alkanes of at least 4 members (excludes halogenated alkanes) is 1. The first-order chi connectivity index (χ1) is 20.7. The Bertz CT molecular complexity index is 1780. The van der Waals surface area contributed by atoms with Crippen LogP contribution in [0.25, 0.3) is 17.1 Å². The van der Waals surface area contributed by atoms with Crippen molar-refractivity contribution in [2.75, 3.05) is 6.61 Å². The molecule has 0 unspecified atom stereocenters. The second-order valence-corrected chi connectivity index (χ2v) is 12.2. The van der Waals surface area contributed by atoms with Gasteiger partial charge in [0.1, 0.15) is 5.82 Å². The first kappa shape index (κ1) is 30.1. The number of sulfonamides is 1. The molecule has 2 aromatic heterocycles. The topological polar surface area (TPSA) is 133 Å². The molecule has 1 amide bonds. The van der Waals surface area contributed by atoms with Gasteiger partial charge in [0.2, 0.25) is 11.9 Å². The first-order valence-corrected chi connectivity index (χ1v) is 16.0. The molecule has 43 heavy (non-hydrogen) atoms. The van der Waals surface area contributed by atoms with Crippen molar-refractivity contribution < 1.29 is 17.9 Å². The van der Waals surface area contributed by atoms with Gasteiger partial charge in [0.25, 0.3) is 15.6 Å². The minimum Gasteiger partial charge on any atom is -0.491 e. The van der Waals surface area contributed by atoms with Crippen LogP contribution in [0.2, 0.25) is 0 Å². The lowest BCUT2D eigenvalue weighted by molar-refractivity contribution is -0.120. The SMILES string of the molecule is CCCCc1nc(C)n(-c2ncc(OCC)cn2)c(=O)c1Cc1ccc(-c2ccccc2S(=O)(=O)NC(=O)C2CC2)cc1. The van der Waals surface area contributed by atoms with E-state index in [0.29, 0.717) is 60.6 Å². The number of amides is 1. The van der Waals surface area contributed by atoms with E-state index >= 15 is 0 Å². The van der Waals surface area contributed by atoms with Gasteiger partial charge in [-0.1, -0.05) is 55.8 Å². The number of benzene rings is 2. The molecular weight excluding hydrogens is 566 g/mol. The predicted molar refractivity (Wildman–Crippen MR) is 163 cm³/mol. The summed E-state index contributed by atoms with van der Waals surface area (Å²) in [6, 6.07) is 14.0. The monoisotopic (exact) mass is 601 g/mol. The zero-order valence-electron chi connectivity index (χ0n) is 24.5. The van der Waals surface area contributed by atoms with Crippen molar-refractivity contribution in [2.24, 2.45) is 5.92 Å². The maximum atomic E-state index is 13.9. The fourth-order valence-corrected chi connectivity index (χ4v) is 6.19. The molecule has 1 N–H and O–H groups in total. The van der Waals surface area contributed by atoms with Gasteiger partial charge >= 0.3 is 0 Å². The van der Waals surface area contributed by atoms with Crippen LogP contribution in [-0.2, 0) is 27.7 Å². The summed E-state index contributed by atoms with van der Waals surface area (Å²) in [6.45, 7) is 6.22. The van der Waals surface area contributed by atoms with Crippen LogP contribution < -0.4 is 15.0 Å². The normalized spacial score (nSPS) is 13.1. The summed E-state index contributed by atoms with van der Waals surface area (Å²) in [4.78, 5) is 39.6. The summed E-state index contributed by atoms with van der Waals surface area (Å²) in [6.07, 6.45) is 7.35. The highest BCUT2D eigenvalue weighted by Crippen LogP contribution is 2.31. The molecule has 0 aliphatic heterocycles. The van der Waals surface area contributed by atoms with Crippen molar-refractivity contribution in [3.05, 3.63) is 93.9 Å². The summed E-state index contributed by atoms with van der Waals surface area (Å²) >= 11 is 0. The highest BCUT2D eigenvalue weighted by atomic mass is 32.2. The minimum absolute atomic E-state index is 0.0413. The molecule has 10 nitrogen and oxygen atoms in total. The molecule has 0 bridgehead atoms. The van der Waals surface area contributed by atoms with Crippen molar-refractivity contribution in [1.82, 2.24) is 24.2 Å². The maximum absolute atomic E-state index is 13.9. The van der Waals surface area contributed by atoms with E-state index in [2.05, 4.69) is 21.6 Å². The van der Waals surface area contributed by atoms with Gasteiger partial charge in [-0.3, -0.25) is 9.59 Å². The number of carbonyl (C=O) groups excluding carboxylic acids is 1. The number of hydrogen-bond acceptors (Lipinski definition) is 8. The molecule has 0 radical (unpaired) electrons. The van der Waals surface area contributed by atoms with Gasteiger partial charge in [-0.05, 0) is 56.7 Å². The third-order valence-corrected chi connectivity index (χ3v) is 8.73. The number of hydrogen-bond donors (Lipinski definition) is 1. The van der Waals surface area contributed by atoms with E-state index in [4.69, 9.17) is 9.72 Å². The Morgan fingerprint density at radius 3 is 2.40 bits per heavy atom. The van der Waals surface area contributed by atoms with Gasteiger partial charge in [-0.15, -0.1) is 0 Å². The zero-order valence-corrected chi connectivity index (χ0v) is 25.4. The number of aryl methyl sites for hydroxylation is 2. The summed E-state index contributed by atoms with van der Waals surface area (Å²) in [5, 5.41) is 0. The molecule has 0 atom stereocenters. The highest BCUT2D eigenvalue weighted by Gasteiger charge is 2.33. The number of rotatable bonds is 12. The van der Waals surface area contributed by atoms with Gasteiger partial charge in [-0.25, -0.2) is 32.7 Å². The Hall–Kier alpha value is -4.38. The van der Waals surface area contributed by atoms with E-state index < -0.39 is 15.9 Å². The van der Waals surface area contributed by atoms with Gasteiger partial charge in [0, 0.05) is 23.5 Å². The van der Waals surface area contributed by atoms with Crippen LogP contribution in [0.3, 0.4) is 0 Å². The van der Waals surface area contributed by atoms with Gasteiger partial charge in [0.15, 0.2) is 5.75 Å². The Morgan fingerprint density at radius 2 is 1.74 bits per heavy atom. The molecule has 1 saturated carbocycles. The molecule has 4 aromatic rings. The molecule has 11 heteroatoms. The number of ether oxygens (including phenoxy) is 1. The Labute approximate surface area is 251 Å². The smallest absolute Gasteiger partial charge is 0.264 e. The Kier molecular flexibility index (Phi) is 9.00. The Morgan fingerprint density at radius 1 is 1.05 bits per heavy atom. The number of aromatic nitrogens is 4. The Balaban J connectivity index is 1.46. The molecule has 1 aliphatic rings. The molecule has 1 aliphatic carbocycles. The van der Waals surface area contributed by atoms with Gasteiger partial charge in [0.05, 0.1) is 29.6 Å². The third-order valence-electron chi connectivity index (χ3n) is 7.33. The average molecular weight is 602 g/mol. The molecule has 0 saturated heterocycles. The van der Waals surface area contributed by atoms with Crippen molar-refractivity contribution >= 4 is 15.9 Å². The quantitative estimate of drug-likeness (QED) is 0.250. The van der Waals surface area contributed by atoms with Crippen LogP contribution in [0.15, 0.2) is 70.6 Å². The summed E-state index contributed by atoms with van der Waals surface area (Å²) < 4.78 is 35.2. The second kappa shape index (κ2) is 12.9. The zero-order chi connectivity index (χ0) is 30.6. The molecule has 1 fully saturated rings. The van der Waals surface area contributed by atoms with Crippen LogP contribution in [0.4, 0.5) is 0 Å². The van der Waals surface area contributed by atoms with Crippen LogP contribution in [0.1, 0.15) is 62.2 Å². The van der Waals surface area contributed by atoms with Gasteiger partial charge in [-0.2, -0.15) is 0 Å². The van der Waals surface area contributed by atoms with E-state index in [1.165, 1.54) is 23.0 Å². The molecule has 2 aromatic carbocycles. The van der Waals surface area contributed by atoms with Crippen LogP contribution >= 0.6 is 0 Å². The van der Waals surface area contributed by atoms with Crippen molar-refractivity contribution in [3.63, 3.8) is 0 Å². The summed E-state index contributed by atoms with van der Waals surface area (Å²) in [5.74, 6) is 0.557. The predicted octanol–water partition coefficient (Wildman–Crippen LogP) is 4.54. The van der Waals surface area contributed by atoms with E-state index in [0.717, 1.165) is 24.1 Å². The van der Waals surface area contributed by atoms with Crippen LogP contribution in [-0.4, -0.2) is 40.5 Å². The fraction of sp³-hybridized carbons (Fsp3) is 0.344. The highest BCUT2D eigenvalue weighted by molar-refractivity contribution is 7.90. The standard InChI is InChI=1S/C32H35N5O5S/c1-4-6-10-28-27(31(39)37(21(3)35-28)32-33-19-25(20-34-32)42-5-2)18-22-12-14-23(15-13-22)26-9-7-8-11-29(26)43(40,41)36-30(38)24-16-17-24/h7-9,11-15,19-20,24H,4-6,10,16-18H2,1-3H3,(H,36,38). The maximum Gasteiger partial charge on any atom is 0.264 e. The molecule has 5 rings (SSSR count). The summed E-state index contributed by atoms with van der Waals surface area (Å²) in [7, 11) is -4.04. The molecule has 0 spiro atoms. The lowest BCUT2D eigenvalue weighted by Crippen LogP contribution is -2.32. The van der Waals surface area contributed by atoms with Crippen molar-refractivity contribution in [2.45, 2.75) is 64.2 Å². The largest absolute Gasteiger partial charge is 0.491 e. The van der Waals surface area contributed by atoms with E-state index in [9.17, 15) is 18.0 Å². The molecule has 2 heterocycles. The number of carbonyl (C=O) groups is 1. The van der Waals surface area contributed by atoms with E-state index in [1.807, 2.05) is 31.2 Å². The average Bonchev–Trinajstić information content (AvgIpc) is 3.85. The molecular formula is C32H35N5O5S. The second-order valence-electron chi connectivity index (χ2n) is 10.6. The van der Waals surface area contributed by atoms with Crippen LogP contribution in [0, 0.1) is 12.8 Å². The summed E-state index contributed by atoms with van der Waals surface area (Å²) in [5.41, 5.74) is 3.12. The first-order valence-electron chi connectivity index (χ1n) is 14.5. The fourth-order valence-electron chi connectivity index (χ4n) is 4.91. The third kappa shape index (κ3) is 6.83. The van der Waals surface area contributed by atoms with E-state index in [1.54, 1.807) is 25.1 Å². The number of nitrogens with zero attached hydrogens (tertiary/aromatic N) is 4. The van der Waals surface area contributed by atoms with E-state index in [-0.39, 0.29) is 22.3 Å². The minimum atomic E-state index is -4.04.